The Labute approximate surface area is 115 Å². The third kappa shape index (κ3) is 4.19. The summed E-state index contributed by atoms with van der Waals surface area (Å²) in [6, 6.07) is 2.28. The highest BCUT2D eigenvalue weighted by molar-refractivity contribution is 5.51. The molecule has 0 saturated heterocycles. The number of alkyl halides is 3. The van der Waals surface area contributed by atoms with Gasteiger partial charge in [0.15, 0.2) is 11.5 Å². The summed E-state index contributed by atoms with van der Waals surface area (Å²) in [5.41, 5.74) is 6.27. The first-order chi connectivity index (χ1) is 9.32. The molecule has 0 amide bonds. The van der Waals surface area contributed by atoms with E-state index in [1.54, 1.807) is 12.1 Å². The molecule has 7 heteroatoms. The summed E-state index contributed by atoms with van der Waals surface area (Å²) in [6.45, 7) is 0. The van der Waals surface area contributed by atoms with Crippen LogP contribution in [0.1, 0.15) is 24.4 Å². The Balaban J connectivity index is 3.03. The molecule has 0 spiro atoms. The minimum atomic E-state index is -4.23. The second-order valence-electron chi connectivity index (χ2n) is 4.21. The Morgan fingerprint density at radius 2 is 1.50 bits per heavy atom. The van der Waals surface area contributed by atoms with E-state index in [2.05, 4.69) is 0 Å². The molecule has 0 aliphatic carbocycles. The standard InChI is InChI=1S/C13H18F3NO3/c1-18-10-7-12(20-3)11(19-2)6-8(10)9(17)4-5-13(14,15)16/h6-7,9H,4-5,17H2,1-3H3/t9-/m1/s1. The van der Waals surface area contributed by atoms with Gasteiger partial charge in [-0.15, -0.1) is 0 Å². The Bertz CT molecular complexity index is 449. The van der Waals surface area contributed by atoms with Crippen LogP contribution in [0.15, 0.2) is 12.1 Å². The van der Waals surface area contributed by atoms with Gasteiger partial charge in [-0.05, 0) is 12.5 Å². The lowest BCUT2D eigenvalue weighted by Gasteiger charge is -2.19. The Hall–Kier alpha value is -1.63. The van der Waals surface area contributed by atoms with Crippen molar-refractivity contribution in [3.63, 3.8) is 0 Å². The van der Waals surface area contributed by atoms with Gasteiger partial charge in [0.05, 0.1) is 21.3 Å². The van der Waals surface area contributed by atoms with E-state index < -0.39 is 18.6 Å². The molecule has 114 valence electrons. The maximum atomic E-state index is 12.2. The van der Waals surface area contributed by atoms with Crippen LogP contribution in [0, 0.1) is 0 Å². The molecule has 2 N–H and O–H groups in total. The van der Waals surface area contributed by atoms with Gasteiger partial charge in [0.1, 0.15) is 5.75 Å². The first-order valence-corrected chi connectivity index (χ1v) is 5.94. The molecule has 0 bridgehead atoms. The summed E-state index contributed by atoms with van der Waals surface area (Å²) in [6.07, 6.45) is -5.41. The number of rotatable bonds is 6. The Morgan fingerprint density at radius 3 is 1.95 bits per heavy atom. The number of ether oxygens (including phenoxy) is 3. The van der Waals surface area contributed by atoms with Crippen LogP contribution in [0.25, 0.3) is 0 Å². The smallest absolute Gasteiger partial charge is 0.389 e. The fraction of sp³-hybridized carbons (Fsp3) is 0.538. The highest BCUT2D eigenvalue weighted by Gasteiger charge is 2.29. The van der Waals surface area contributed by atoms with Gasteiger partial charge in [0, 0.05) is 24.1 Å². The third-order valence-corrected chi connectivity index (χ3v) is 2.87. The highest BCUT2D eigenvalue weighted by atomic mass is 19.4. The summed E-state index contributed by atoms with van der Waals surface area (Å²) < 4.78 is 52.1. The van der Waals surface area contributed by atoms with Gasteiger partial charge in [-0.25, -0.2) is 0 Å². The van der Waals surface area contributed by atoms with Crippen LogP contribution in [0.5, 0.6) is 17.2 Å². The fourth-order valence-electron chi connectivity index (χ4n) is 1.82. The predicted octanol–water partition coefficient (Wildman–Crippen LogP) is 3.05. The predicted molar refractivity (Wildman–Crippen MR) is 68.3 cm³/mol. The molecule has 1 atom stereocenters. The molecule has 0 aliphatic rings. The van der Waals surface area contributed by atoms with E-state index in [0.717, 1.165) is 0 Å². The number of nitrogens with two attached hydrogens (primary N) is 1. The van der Waals surface area contributed by atoms with E-state index in [9.17, 15) is 13.2 Å². The van der Waals surface area contributed by atoms with E-state index in [1.807, 2.05) is 0 Å². The minimum Gasteiger partial charge on any atom is -0.496 e. The highest BCUT2D eigenvalue weighted by Crippen LogP contribution is 2.38. The molecule has 0 saturated carbocycles. The summed E-state index contributed by atoms with van der Waals surface area (Å²) in [5, 5.41) is 0. The van der Waals surface area contributed by atoms with Crippen molar-refractivity contribution < 1.29 is 27.4 Å². The van der Waals surface area contributed by atoms with Crippen molar-refractivity contribution in [2.75, 3.05) is 21.3 Å². The maximum absolute atomic E-state index is 12.2. The fourth-order valence-corrected chi connectivity index (χ4v) is 1.82. The van der Waals surface area contributed by atoms with E-state index >= 15 is 0 Å². The Kier molecular flexibility index (Phi) is 5.50. The zero-order chi connectivity index (χ0) is 15.3. The number of methoxy groups -OCH3 is 3. The lowest BCUT2D eigenvalue weighted by Crippen LogP contribution is -2.16. The van der Waals surface area contributed by atoms with Gasteiger partial charge in [-0.3, -0.25) is 0 Å². The van der Waals surface area contributed by atoms with E-state index in [-0.39, 0.29) is 6.42 Å². The molecule has 0 aromatic heterocycles. The van der Waals surface area contributed by atoms with Crippen molar-refractivity contribution in [2.45, 2.75) is 25.1 Å². The van der Waals surface area contributed by atoms with Crippen molar-refractivity contribution in [2.24, 2.45) is 5.73 Å². The summed E-state index contributed by atoms with van der Waals surface area (Å²) in [4.78, 5) is 0. The van der Waals surface area contributed by atoms with Gasteiger partial charge in [0.2, 0.25) is 0 Å². The zero-order valence-corrected chi connectivity index (χ0v) is 11.6. The third-order valence-electron chi connectivity index (χ3n) is 2.87. The van der Waals surface area contributed by atoms with Crippen LogP contribution in [0.3, 0.4) is 0 Å². The lowest BCUT2D eigenvalue weighted by atomic mass is 10.0. The van der Waals surface area contributed by atoms with Crippen molar-refractivity contribution in [1.82, 2.24) is 0 Å². The summed E-state index contributed by atoms with van der Waals surface area (Å²) in [5.74, 6) is 1.19. The second-order valence-corrected chi connectivity index (χ2v) is 4.21. The number of hydrogen-bond acceptors (Lipinski definition) is 4. The second kappa shape index (κ2) is 6.69. The lowest BCUT2D eigenvalue weighted by molar-refractivity contribution is -0.136. The van der Waals surface area contributed by atoms with Crippen LogP contribution in [0.2, 0.25) is 0 Å². The van der Waals surface area contributed by atoms with Crippen LogP contribution >= 0.6 is 0 Å². The minimum absolute atomic E-state index is 0.227. The summed E-state index contributed by atoms with van der Waals surface area (Å²) in [7, 11) is 4.32. The monoisotopic (exact) mass is 293 g/mol. The number of halogens is 3. The first kappa shape index (κ1) is 16.4. The average molecular weight is 293 g/mol. The molecule has 0 unspecified atom stereocenters. The molecular formula is C13H18F3NO3. The number of benzene rings is 1. The van der Waals surface area contributed by atoms with Gasteiger partial charge < -0.3 is 19.9 Å². The average Bonchev–Trinajstić information content (AvgIpc) is 2.42. The molecule has 1 rings (SSSR count). The van der Waals surface area contributed by atoms with Crippen LogP contribution < -0.4 is 19.9 Å². The van der Waals surface area contributed by atoms with E-state index in [1.165, 1.54) is 21.3 Å². The van der Waals surface area contributed by atoms with Gasteiger partial charge in [-0.1, -0.05) is 0 Å². The van der Waals surface area contributed by atoms with E-state index in [4.69, 9.17) is 19.9 Å². The van der Waals surface area contributed by atoms with Gasteiger partial charge in [0.25, 0.3) is 0 Å². The van der Waals surface area contributed by atoms with Crippen LogP contribution in [-0.4, -0.2) is 27.5 Å². The maximum Gasteiger partial charge on any atom is 0.389 e. The zero-order valence-electron chi connectivity index (χ0n) is 11.6. The SMILES string of the molecule is COc1cc(OC)c([C@H](N)CCC(F)(F)F)cc1OC. The molecule has 0 radical (unpaired) electrons. The quantitative estimate of drug-likeness (QED) is 0.876. The number of hydrogen-bond donors (Lipinski definition) is 1. The first-order valence-electron chi connectivity index (χ1n) is 5.94. The normalized spacial score (nSPS) is 12.9. The molecule has 4 nitrogen and oxygen atoms in total. The summed E-state index contributed by atoms with van der Waals surface area (Å²) >= 11 is 0. The van der Waals surface area contributed by atoms with Crippen LogP contribution in [0.4, 0.5) is 13.2 Å². The Morgan fingerprint density at radius 1 is 1.00 bits per heavy atom. The van der Waals surface area contributed by atoms with Gasteiger partial charge in [-0.2, -0.15) is 13.2 Å². The van der Waals surface area contributed by atoms with Gasteiger partial charge >= 0.3 is 6.18 Å². The molecule has 0 aliphatic heterocycles. The molecule has 0 heterocycles. The van der Waals surface area contributed by atoms with Crippen molar-refractivity contribution >= 4 is 0 Å². The topological polar surface area (TPSA) is 53.7 Å². The molecule has 1 aromatic rings. The molecule has 1 aromatic carbocycles. The van der Waals surface area contributed by atoms with Crippen molar-refractivity contribution in [1.29, 1.82) is 0 Å². The largest absolute Gasteiger partial charge is 0.496 e. The molecule has 20 heavy (non-hydrogen) atoms. The molecule has 0 fully saturated rings. The van der Waals surface area contributed by atoms with Crippen molar-refractivity contribution in [3.05, 3.63) is 17.7 Å². The van der Waals surface area contributed by atoms with Crippen molar-refractivity contribution in [3.8, 4) is 17.2 Å². The van der Waals surface area contributed by atoms with E-state index in [0.29, 0.717) is 22.8 Å². The van der Waals surface area contributed by atoms with Crippen LogP contribution in [-0.2, 0) is 0 Å². The molecular weight excluding hydrogens is 275 g/mol.